The van der Waals surface area contributed by atoms with E-state index in [-0.39, 0.29) is 11.5 Å². The van der Waals surface area contributed by atoms with Crippen molar-refractivity contribution >= 4 is 39.7 Å². The van der Waals surface area contributed by atoms with E-state index >= 15 is 0 Å². The molecule has 20 heavy (non-hydrogen) atoms. The molecule has 2 N–H and O–H groups in total. The summed E-state index contributed by atoms with van der Waals surface area (Å²) in [5, 5.41) is 11.3. The highest BCUT2D eigenvalue weighted by Crippen LogP contribution is 2.15. The first-order valence-electron chi connectivity index (χ1n) is 5.49. The fourth-order valence-electron chi connectivity index (χ4n) is 1.37. The molecule has 2 rings (SSSR count). The average Bonchev–Trinajstić information content (AvgIpc) is 2.82. The van der Waals surface area contributed by atoms with Crippen LogP contribution >= 0.6 is 15.9 Å². The van der Waals surface area contributed by atoms with Crippen LogP contribution in [-0.4, -0.2) is 22.0 Å². The van der Waals surface area contributed by atoms with Crippen molar-refractivity contribution in [3.63, 3.8) is 0 Å². The maximum atomic E-state index is 11.6. The van der Waals surface area contributed by atoms with Gasteiger partial charge >= 0.3 is 5.97 Å². The molecule has 6 nitrogen and oxygen atoms in total. The number of hydrogen-bond acceptors (Lipinski definition) is 4. The zero-order valence-corrected chi connectivity index (χ0v) is 11.6. The summed E-state index contributed by atoms with van der Waals surface area (Å²) < 4.78 is 5.75. The molecule has 0 aromatic carbocycles. The van der Waals surface area contributed by atoms with Crippen LogP contribution < -0.4 is 5.32 Å². The number of amides is 1. The number of carboxylic acids is 1. The molecular weight excluding hydrogens is 328 g/mol. The minimum absolute atomic E-state index is 0.137. The second-order valence-corrected chi connectivity index (χ2v) is 4.46. The van der Waals surface area contributed by atoms with Crippen LogP contribution in [0.5, 0.6) is 0 Å². The quantitative estimate of drug-likeness (QED) is 0.837. The highest BCUT2D eigenvalue weighted by Gasteiger charge is 2.06. The number of carbonyl (C=O) groups is 2. The third-order valence-electron chi connectivity index (χ3n) is 2.21. The maximum absolute atomic E-state index is 11.6. The monoisotopic (exact) mass is 336 g/mol. The summed E-state index contributed by atoms with van der Waals surface area (Å²) in [6.07, 6.45) is 2.75. The van der Waals surface area contributed by atoms with Gasteiger partial charge in [-0.1, -0.05) is 6.07 Å². The number of carbonyl (C=O) groups excluding carboxylic acids is 1. The first-order valence-corrected chi connectivity index (χ1v) is 6.28. The summed E-state index contributed by atoms with van der Waals surface area (Å²) >= 11 is 3.15. The summed E-state index contributed by atoms with van der Waals surface area (Å²) in [4.78, 5) is 26.2. The standard InChI is InChI=1S/C13H9BrN2O4/c14-10-6-4-8(20-10)5-7-12(17)16-11-3-1-2-9(15-11)13(18)19/h1-7H,(H,18,19)(H,15,16,17). The van der Waals surface area contributed by atoms with Gasteiger partial charge in [-0.25, -0.2) is 9.78 Å². The molecule has 0 spiro atoms. The number of carboxylic acid groups (broad SMARTS) is 1. The topological polar surface area (TPSA) is 92.4 Å². The number of halogens is 1. The van der Waals surface area contributed by atoms with Crippen LogP contribution in [0.3, 0.4) is 0 Å². The number of anilines is 1. The minimum Gasteiger partial charge on any atom is -0.477 e. The van der Waals surface area contributed by atoms with Gasteiger partial charge in [-0.05, 0) is 46.3 Å². The number of rotatable bonds is 4. The summed E-state index contributed by atoms with van der Waals surface area (Å²) in [6.45, 7) is 0. The lowest BCUT2D eigenvalue weighted by atomic mass is 10.3. The van der Waals surface area contributed by atoms with E-state index in [1.807, 2.05) is 0 Å². The molecule has 0 saturated heterocycles. The first kappa shape index (κ1) is 14.0. The van der Waals surface area contributed by atoms with E-state index in [1.165, 1.54) is 30.4 Å². The van der Waals surface area contributed by atoms with Gasteiger partial charge in [-0.2, -0.15) is 0 Å². The lowest BCUT2D eigenvalue weighted by Crippen LogP contribution is -2.11. The van der Waals surface area contributed by atoms with Crippen LogP contribution in [0.4, 0.5) is 5.82 Å². The molecule has 1 amide bonds. The smallest absolute Gasteiger partial charge is 0.354 e. The number of aromatic nitrogens is 1. The maximum Gasteiger partial charge on any atom is 0.354 e. The third-order valence-corrected chi connectivity index (χ3v) is 2.64. The van der Waals surface area contributed by atoms with E-state index < -0.39 is 11.9 Å². The number of pyridine rings is 1. The molecule has 0 aliphatic rings. The Morgan fingerprint density at radius 3 is 2.75 bits per heavy atom. The summed E-state index contributed by atoms with van der Waals surface area (Å²) in [5.74, 6) is -0.913. The zero-order chi connectivity index (χ0) is 14.5. The van der Waals surface area contributed by atoms with E-state index in [4.69, 9.17) is 9.52 Å². The van der Waals surface area contributed by atoms with Crippen molar-refractivity contribution in [1.82, 2.24) is 4.98 Å². The fourth-order valence-corrected chi connectivity index (χ4v) is 1.69. The molecular formula is C13H9BrN2O4. The Morgan fingerprint density at radius 1 is 1.30 bits per heavy atom. The van der Waals surface area contributed by atoms with Gasteiger partial charge in [0.1, 0.15) is 11.6 Å². The second kappa shape index (κ2) is 6.16. The molecule has 0 aliphatic carbocycles. The van der Waals surface area contributed by atoms with Gasteiger partial charge in [0, 0.05) is 6.08 Å². The van der Waals surface area contributed by atoms with E-state index in [2.05, 4.69) is 26.2 Å². The number of nitrogens with one attached hydrogen (secondary N) is 1. The number of hydrogen-bond donors (Lipinski definition) is 2. The van der Waals surface area contributed by atoms with E-state index in [1.54, 1.807) is 12.1 Å². The highest BCUT2D eigenvalue weighted by atomic mass is 79.9. The van der Waals surface area contributed by atoms with Crippen LogP contribution in [0.15, 0.2) is 45.5 Å². The van der Waals surface area contributed by atoms with E-state index in [0.717, 1.165) is 0 Å². The molecule has 0 saturated carbocycles. The highest BCUT2D eigenvalue weighted by molar-refractivity contribution is 9.10. The molecule has 0 unspecified atom stereocenters. The van der Waals surface area contributed by atoms with Gasteiger partial charge in [-0.15, -0.1) is 0 Å². The van der Waals surface area contributed by atoms with Crippen LogP contribution in [0.1, 0.15) is 16.2 Å². The first-order chi connectivity index (χ1) is 9.54. The van der Waals surface area contributed by atoms with Crippen molar-refractivity contribution in [2.75, 3.05) is 5.32 Å². The molecule has 2 heterocycles. The summed E-state index contributed by atoms with van der Waals surface area (Å²) in [6, 6.07) is 7.74. The van der Waals surface area contributed by atoms with Gasteiger partial charge in [0.05, 0.1) is 0 Å². The van der Waals surface area contributed by atoms with Gasteiger partial charge in [0.25, 0.3) is 0 Å². The molecule has 0 bridgehead atoms. The molecule has 0 aliphatic heterocycles. The van der Waals surface area contributed by atoms with Crippen molar-refractivity contribution < 1.29 is 19.1 Å². The van der Waals surface area contributed by atoms with Crippen LogP contribution in [-0.2, 0) is 4.79 Å². The van der Waals surface area contributed by atoms with E-state index in [9.17, 15) is 9.59 Å². The van der Waals surface area contributed by atoms with Crippen molar-refractivity contribution in [2.24, 2.45) is 0 Å². The van der Waals surface area contributed by atoms with Gasteiger partial charge < -0.3 is 14.8 Å². The average molecular weight is 337 g/mol. The zero-order valence-electron chi connectivity index (χ0n) is 10.0. The van der Waals surface area contributed by atoms with Crippen LogP contribution in [0.25, 0.3) is 6.08 Å². The Labute approximate surface area is 122 Å². The van der Waals surface area contributed by atoms with Crippen molar-refractivity contribution in [3.8, 4) is 0 Å². The summed E-state index contributed by atoms with van der Waals surface area (Å²) in [5.41, 5.74) is -0.137. The van der Waals surface area contributed by atoms with Crippen molar-refractivity contribution in [3.05, 3.63) is 52.5 Å². The Kier molecular flexibility index (Phi) is 4.31. The number of nitrogens with zero attached hydrogens (tertiary/aromatic N) is 1. The van der Waals surface area contributed by atoms with Crippen molar-refractivity contribution in [1.29, 1.82) is 0 Å². The lowest BCUT2D eigenvalue weighted by Gasteiger charge is -2.01. The predicted molar refractivity (Wildman–Crippen MR) is 75.3 cm³/mol. The fraction of sp³-hybridized carbons (Fsp3) is 0. The predicted octanol–water partition coefficient (Wildman–Crippen LogP) is 2.79. The van der Waals surface area contributed by atoms with Gasteiger partial charge in [0.2, 0.25) is 5.91 Å². The molecule has 0 atom stereocenters. The normalized spacial score (nSPS) is 10.7. The molecule has 7 heteroatoms. The number of furan rings is 1. The Morgan fingerprint density at radius 2 is 2.10 bits per heavy atom. The Balaban J connectivity index is 2.02. The molecule has 2 aromatic heterocycles. The van der Waals surface area contributed by atoms with Crippen LogP contribution in [0, 0.1) is 0 Å². The Bertz CT molecular complexity index is 679. The number of aromatic carboxylic acids is 1. The third kappa shape index (κ3) is 3.79. The van der Waals surface area contributed by atoms with Gasteiger partial charge in [-0.3, -0.25) is 4.79 Å². The van der Waals surface area contributed by atoms with Crippen molar-refractivity contribution in [2.45, 2.75) is 0 Å². The molecule has 102 valence electrons. The molecule has 0 radical (unpaired) electrons. The molecule has 2 aromatic rings. The SMILES string of the molecule is O=C(C=Cc1ccc(Br)o1)Nc1cccc(C(=O)O)n1. The van der Waals surface area contributed by atoms with E-state index in [0.29, 0.717) is 10.4 Å². The van der Waals surface area contributed by atoms with Crippen LogP contribution in [0.2, 0.25) is 0 Å². The summed E-state index contributed by atoms with van der Waals surface area (Å²) in [7, 11) is 0. The Hall–Kier alpha value is -2.41. The second-order valence-electron chi connectivity index (χ2n) is 3.68. The van der Waals surface area contributed by atoms with Gasteiger partial charge in [0.15, 0.2) is 10.4 Å². The minimum atomic E-state index is -1.16. The molecule has 0 fully saturated rings. The largest absolute Gasteiger partial charge is 0.477 e. The lowest BCUT2D eigenvalue weighted by molar-refractivity contribution is -0.111.